The Morgan fingerprint density at radius 1 is 1.11 bits per heavy atom. The van der Waals surface area contributed by atoms with Gasteiger partial charge in [0.25, 0.3) is 0 Å². The number of halogens is 2. The molecule has 2 aromatic heterocycles. The Labute approximate surface area is 100 Å². The van der Waals surface area contributed by atoms with Crippen molar-refractivity contribution in [3.05, 3.63) is 41.5 Å². The van der Waals surface area contributed by atoms with Gasteiger partial charge in [0.1, 0.15) is 17.3 Å². The third-order valence-corrected chi connectivity index (χ3v) is 2.15. The Bertz CT molecular complexity index is 628. The zero-order valence-electron chi connectivity index (χ0n) is 8.98. The van der Waals surface area contributed by atoms with Gasteiger partial charge in [0.15, 0.2) is 17.5 Å². The van der Waals surface area contributed by atoms with Crippen LogP contribution in [0.3, 0.4) is 0 Å². The second kappa shape index (κ2) is 4.32. The van der Waals surface area contributed by atoms with Crippen LogP contribution in [0.4, 0.5) is 20.4 Å². The van der Waals surface area contributed by atoms with Crippen molar-refractivity contribution in [1.29, 1.82) is 5.41 Å². The second-order valence-corrected chi connectivity index (χ2v) is 3.39. The van der Waals surface area contributed by atoms with Crippen LogP contribution in [-0.4, -0.2) is 20.7 Å². The minimum absolute atomic E-state index is 0.0148. The minimum atomic E-state index is -0.795. The van der Waals surface area contributed by atoms with Crippen molar-refractivity contribution in [1.82, 2.24) is 15.0 Å². The number of hydrogen-bond acceptors (Lipinski definition) is 6. The van der Waals surface area contributed by atoms with Gasteiger partial charge in [-0.3, -0.25) is 5.41 Å². The molecule has 2 heterocycles. The SMILES string of the molecule is N=C(c1ncc(F)c(N)n1)c1cc(F)cnc1N. The zero-order chi connectivity index (χ0) is 13.3. The predicted molar refractivity (Wildman–Crippen MR) is 60.9 cm³/mol. The van der Waals surface area contributed by atoms with Crippen LogP contribution in [0, 0.1) is 17.0 Å². The van der Waals surface area contributed by atoms with Gasteiger partial charge in [0.05, 0.1) is 12.4 Å². The Morgan fingerprint density at radius 3 is 2.50 bits per heavy atom. The largest absolute Gasteiger partial charge is 0.383 e. The van der Waals surface area contributed by atoms with E-state index in [1.54, 1.807) is 0 Å². The summed E-state index contributed by atoms with van der Waals surface area (Å²) in [4.78, 5) is 10.7. The Morgan fingerprint density at radius 2 is 1.83 bits per heavy atom. The summed E-state index contributed by atoms with van der Waals surface area (Å²) in [6, 6.07) is 1.02. The lowest BCUT2D eigenvalue weighted by atomic mass is 10.1. The molecule has 0 aliphatic carbocycles. The third-order valence-electron chi connectivity index (χ3n) is 2.15. The molecule has 0 aliphatic heterocycles. The molecular weight excluding hydrogens is 242 g/mol. The van der Waals surface area contributed by atoms with E-state index >= 15 is 0 Å². The maximum absolute atomic E-state index is 13.0. The fourth-order valence-corrected chi connectivity index (χ4v) is 1.27. The summed E-state index contributed by atoms with van der Waals surface area (Å²) in [5, 5.41) is 7.79. The monoisotopic (exact) mass is 250 g/mol. The standard InChI is InChI=1S/C10H8F2N6/c11-4-1-5(8(14)16-2-4)7(13)10-17-3-6(12)9(15)18-10/h1-3,13H,(H2,14,16)(H2,15,17,18). The highest BCUT2D eigenvalue weighted by molar-refractivity contribution is 6.11. The number of nitrogen functional groups attached to an aromatic ring is 2. The Kier molecular flexibility index (Phi) is 2.84. The highest BCUT2D eigenvalue weighted by Gasteiger charge is 2.14. The van der Waals surface area contributed by atoms with Gasteiger partial charge in [0.2, 0.25) is 0 Å². The maximum atomic E-state index is 13.0. The number of nitrogens with one attached hydrogen (secondary N) is 1. The van der Waals surface area contributed by atoms with E-state index in [-0.39, 0.29) is 22.9 Å². The first-order chi connectivity index (χ1) is 8.49. The van der Waals surface area contributed by atoms with E-state index in [2.05, 4.69) is 15.0 Å². The van der Waals surface area contributed by atoms with E-state index in [1.165, 1.54) is 0 Å². The van der Waals surface area contributed by atoms with Gasteiger partial charge in [-0.1, -0.05) is 0 Å². The molecule has 8 heteroatoms. The highest BCUT2D eigenvalue weighted by Crippen LogP contribution is 2.14. The summed E-state index contributed by atoms with van der Waals surface area (Å²) in [5.74, 6) is -2.05. The highest BCUT2D eigenvalue weighted by atomic mass is 19.1. The molecule has 6 nitrogen and oxygen atoms in total. The minimum Gasteiger partial charge on any atom is -0.383 e. The Balaban J connectivity index is 2.47. The van der Waals surface area contributed by atoms with Crippen molar-refractivity contribution in [3.8, 4) is 0 Å². The van der Waals surface area contributed by atoms with E-state index in [9.17, 15) is 8.78 Å². The Hall–Kier alpha value is -2.64. The number of nitrogens with zero attached hydrogens (tertiary/aromatic N) is 3. The summed E-state index contributed by atoms with van der Waals surface area (Å²) in [7, 11) is 0. The molecule has 2 aromatic rings. The van der Waals surface area contributed by atoms with Gasteiger partial charge in [-0.15, -0.1) is 0 Å². The third kappa shape index (κ3) is 2.08. The van der Waals surface area contributed by atoms with Crippen LogP contribution >= 0.6 is 0 Å². The molecule has 0 bridgehead atoms. The fraction of sp³-hybridized carbons (Fsp3) is 0. The summed E-state index contributed by atoms with van der Waals surface area (Å²) < 4.78 is 25.9. The summed E-state index contributed by atoms with van der Waals surface area (Å²) in [5.41, 5.74) is 10.5. The molecule has 5 N–H and O–H groups in total. The topological polar surface area (TPSA) is 115 Å². The van der Waals surface area contributed by atoms with E-state index in [0.717, 1.165) is 18.5 Å². The van der Waals surface area contributed by atoms with Crippen LogP contribution in [0.25, 0.3) is 0 Å². The van der Waals surface area contributed by atoms with Crippen LogP contribution in [0.15, 0.2) is 18.5 Å². The molecule has 0 radical (unpaired) electrons. The number of aromatic nitrogens is 3. The van der Waals surface area contributed by atoms with Gasteiger partial charge in [0, 0.05) is 5.56 Å². The van der Waals surface area contributed by atoms with E-state index in [4.69, 9.17) is 16.9 Å². The summed E-state index contributed by atoms with van der Waals surface area (Å²) in [6.07, 6.45) is 1.75. The van der Waals surface area contributed by atoms with E-state index < -0.39 is 17.5 Å². The normalized spacial score (nSPS) is 10.3. The lowest BCUT2D eigenvalue weighted by Crippen LogP contribution is -2.13. The molecule has 0 aromatic carbocycles. The summed E-state index contributed by atoms with van der Waals surface area (Å²) in [6.45, 7) is 0. The summed E-state index contributed by atoms with van der Waals surface area (Å²) >= 11 is 0. The molecule has 0 spiro atoms. The van der Waals surface area contributed by atoms with Crippen LogP contribution in [0.1, 0.15) is 11.4 Å². The van der Waals surface area contributed by atoms with Crippen LogP contribution in [0.5, 0.6) is 0 Å². The van der Waals surface area contributed by atoms with Crippen LogP contribution in [-0.2, 0) is 0 Å². The first kappa shape index (κ1) is 11.8. The first-order valence-corrected chi connectivity index (χ1v) is 4.77. The van der Waals surface area contributed by atoms with Gasteiger partial charge in [-0.25, -0.2) is 23.7 Å². The quantitative estimate of drug-likeness (QED) is 0.680. The fourth-order valence-electron chi connectivity index (χ4n) is 1.27. The molecule has 2 rings (SSSR count). The van der Waals surface area contributed by atoms with Gasteiger partial charge in [-0.2, -0.15) is 0 Å². The smallest absolute Gasteiger partial charge is 0.183 e. The van der Waals surface area contributed by atoms with E-state index in [0.29, 0.717) is 0 Å². The molecule has 0 amide bonds. The molecule has 0 aliphatic rings. The van der Waals surface area contributed by atoms with Gasteiger partial charge >= 0.3 is 0 Å². The number of nitrogens with two attached hydrogens (primary N) is 2. The van der Waals surface area contributed by atoms with Crippen molar-refractivity contribution in [2.45, 2.75) is 0 Å². The van der Waals surface area contributed by atoms with Crippen molar-refractivity contribution in [3.63, 3.8) is 0 Å². The van der Waals surface area contributed by atoms with Crippen molar-refractivity contribution >= 4 is 17.3 Å². The molecule has 0 saturated carbocycles. The van der Waals surface area contributed by atoms with Crippen molar-refractivity contribution < 1.29 is 8.78 Å². The zero-order valence-corrected chi connectivity index (χ0v) is 8.98. The molecular formula is C10H8F2N6. The lowest BCUT2D eigenvalue weighted by molar-refractivity contribution is 0.618. The predicted octanol–water partition coefficient (Wildman–Crippen LogP) is 0.730. The first-order valence-electron chi connectivity index (χ1n) is 4.77. The van der Waals surface area contributed by atoms with Crippen LogP contribution < -0.4 is 11.5 Å². The number of pyridine rings is 1. The van der Waals surface area contributed by atoms with Gasteiger partial charge < -0.3 is 11.5 Å². The second-order valence-electron chi connectivity index (χ2n) is 3.39. The maximum Gasteiger partial charge on any atom is 0.183 e. The molecule has 0 fully saturated rings. The molecule has 18 heavy (non-hydrogen) atoms. The average Bonchev–Trinajstić information content (AvgIpc) is 2.35. The molecule has 0 unspecified atom stereocenters. The van der Waals surface area contributed by atoms with Crippen LogP contribution in [0.2, 0.25) is 0 Å². The van der Waals surface area contributed by atoms with Crippen molar-refractivity contribution in [2.75, 3.05) is 11.5 Å². The average molecular weight is 250 g/mol. The lowest BCUT2D eigenvalue weighted by Gasteiger charge is -2.06. The molecule has 0 saturated heterocycles. The number of hydrogen-bond donors (Lipinski definition) is 3. The molecule has 92 valence electrons. The van der Waals surface area contributed by atoms with E-state index in [1.807, 2.05) is 0 Å². The van der Waals surface area contributed by atoms with Gasteiger partial charge in [-0.05, 0) is 6.07 Å². The number of anilines is 2. The number of rotatable bonds is 2. The van der Waals surface area contributed by atoms with Crippen molar-refractivity contribution in [2.24, 2.45) is 0 Å². The molecule has 0 atom stereocenters.